The van der Waals surface area contributed by atoms with Gasteiger partial charge >= 0.3 is 17.8 Å². The molecule has 0 bridgehead atoms. The fourth-order valence-corrected chi connectivity index (χ4v) is 3.03. The van der Waals surface area contributed by atoms with Crippen LogP contribution < -0.4 is 15.5 Å². The van der Waals surface area contributed by atoms with E-state index >= 15 is 0 Å². The van der Waals surface area contributed by atoms with E-state index in [1.807, 2.05) is 0 Å². The van der Waals surface area contributed by atoms with Crippen molar-refractivity contribution in [3.05, 3.63) is 71.4 Å². The van der Waals surface area contributed by atoms with Crippen LogP contribution in [0.15, 0.2) is 60.7 Å². The Bertz CT molecular complexity index is 1090. The fraction of sp³-hybridized carbons (Fsp3) is 0.136. The third kappa shape index (κ3) is 5.64. The number of halogens is 1. The van der Waals surface area contributed by atoms with E-state index in [4.69, 9.17) is 21.4 Å². The van der Waals surface area contributed by atoms with Crippen LogP contribution in [0.1, 0.15) is 12.1 Å². The Kier molecular flexibility index (Phi) is 6.94. The van der Waals surface area contributed by atoms with Crippen molar-refractivity contribution in [3.63, 3.8) is 0 Å². The third-order valence-electron chi connectivity index (χ3n) is 4.46. The zero-order chi connectivity index (χ0) is 22.4. The van der Waals surface area contributed by atoms with Gasteiger partial charge in [0.15, 0.2) is 0 Å². The van der Waals surface area contributed by atoms with Gasteiger partial charge in [0.25, 0.3) is 0 Å². The average Bonchev–Trinajstić information content (AvgIpc) is 3.16. The molecule has 0 saturated carbocycles. The van der Waals surface area contributed by atoms with Gasteiger partial charge in [-0.05, 0) is 60.7 Å². The summed E-state index contributed by atoms with van der Waals surface area (Å²) in [5.74, 6) is -2.08. The van der Waals surface area contributed by atoms with Crippen molar-refractivity contribution in [1.29, 1.82) is 0 Å². The molecule has 8 nitrogen and oxygen atoms in total. The highest BCUT2D eigenvalue weighted by Gasteiger charge is 2.19. The Hall–Kier alpha value is -3.78. The van der Waals surface area contributed by atoms with Gasteiger partial charge in [0.05, 0.1) is 19.2 Å². The minimum absolute atomic E-state index is 0.126. The van der Waals surface area contributed by atoms with Crippen molar-refractivity contribution in [2.45, 2.75) is 12.8 Å². The van der Waals surface area contributed by atoms with Crippen LogP contribution in [0.5, 0.6) is 5.75 Å². The van der Waals surface area contributed by atoms with Crippen LogP contribution in [-0.4, -0.2) is 34.7 Å². The second kappa shape index (κ2) is 9.82. The van der Waals surface area contributed by atoms with Crippen molar-refractivity contribution < 1.29 is 24.2 Å². The highest BCUT2D eigenvalue weighted by molar-refractivity contribution is 6.42. The quantitative estimate of drug-likeness (QED) is 0.486. The molecule has 2 aromatic carbocycles. The summed E-state index contributed by atoms with van der Waals surface area (Å²) < 4.78 is 6.59. The first-order valence-corrected chi connectivity index (χ1v) is 9.70. The summed E-state index contributed by atoms with van der Waals surface area (Å²) in [5.41, 5.74) is 4.86. The van der Waals surface area contributed by atoms with E-state index in [1.165, 1.54) is 4.68 Å². The SMILES string of the molecule is COc1ccc(-c2ccc(CCC(=O)O)n2NC(=O)C(=O)Nc2ccc(Cl)cc2)cc1. The van der Waals surface area contributed by atoms with Gasteiger partial charge in [0.2, 0.25) is 0 Å². The number of carbonyl (C=O) groups is 3. The lowest BCUT2D eigenvalue weighted by Crippen LogP contribution is -2.35. The standard InChI is InChI=1S/C22H20ClN3O5/c1-31-18-10-2-14(3-11-18)19-12-8-17(9-13-20(27)28)26(19)25-22(30)21(29)24-16-6-4-15(23)5-7-16/h2-8,10-12H,9,13H2,1H3,(H,24,29)(H,25,30)(H,27,28). The Morgan fingerprint density at radius 2 is 1.65 bits per heavy atom. The topological polar surface area (TPSA) is 110 Å². The maximum atomic E-state index is 12.5. The molecule has 0 unspecified atom stereocenters. The van der Waals surface area contributed by atoms with E-state index in [1.54, 1.807) is 67.8 Å². The average molecular weight is 442 g/mol. The number of hydrogen-bond acceptors (Lipinski definition) is 4. The van der Waals surface area contributed by atoms with Crippen LogP contribution in [0, 0.1) is 0 Å². The maximum Gasteiger partial charge on any atom is 0.328 e. The lowest BCUT2D eigenvalue weighted by atomic mass is 10.1. The molecule has 0 aliphatic heterocycles. The Morgan fingerprint density at radius 3 is 2.26 bits per heavy atom. The first kappa shape index (κ1) is 21.9. The predicted molar refractivity (Wildman–Crippen MR) is 117 cm³/mol. The van der Waals surface area contributed by atoms with Gasteiger partial charge in [-0.2, -0.15) is 0 Å². The van der Waals surface area contributed by atoms with Crippen LogP contribution in [-0.2, 0) is 20.8 Å². The number of carboxylic acids is 1. The normalized spacial score (nSPS) is 10.4. The molecule has 0 fully saturated rings. The molecule has 31 heavy (non-hydrogen) atoms. The number of methoxy groups -OCH3 is 1. The molecule has 9 heteroatoms. The van der Waals surface area contributed by atoms with Crippen molar-refractivity contribution in [2.24, 2.45) is 0 Å². The molecule has 0 atom stereocenters. The zero-order valence-electron chi connectivity index (χ0n) is 16.6. The monoisotopic (exact) mass is 441 g/mol. The lowest BCUT2D eigenvalue weighted by molar-refractivity contribution is -0.137. The molecule has 1 aromatic heterocycles. The number of rotatable bonds is 7. The molecular weight excluding hydrogens is 422 g/mol. The number of aryl methyl sites for hydroxylation is 1. The highest BCUT2D eigenvalue weighted by atomic mass is 35.5. The second-order valence-electron chi connectivity index (χ2n) is 6.57. The van der Waals surface area contributed by atoms with Crippen molar-refractivity contribution in [3.8, 4) is 17.0 Å². The van der Waals surface area contributed by atoms with Gasteiger partial charge in [-0.3, -0.25) is 24.5 Å². The minimum atomic E-state index is -0.967. The largest absolute Gasteiger partial charge is 0.497 e. The number of nitrogens with one attached hydrogen (secondary N) is 2. The molecule has 1 heterocycles. The Balaban J connectivity index is 1.84. The van der Waals surface area contributed by atoms with Crippen LogP contribution in [0.4, 0.5) is 5.69 Å². The number of hydrogen-bond donors (Lipinski definition) is 3. The van der Waals surface area contributed by atoms with E-state index in [9.17, 15) is 14.4 Å². The summed E-state index contributed by atoms with van der Waals surface area (Å²) in [5, 5.41) is 12.0. The number of carbonyl (C=O) groups excluding carboxylic acids is 2. The first-order chi connectivity index (χ1) is 14.9. The van der Waals surface area contributed by atoms with Gasteiger partial charge in [0, 0.05) is 28.4 Å². The molecule has 2 amide bonds. The first-order valence-electron chi connectivity index (χ1n) is 9.32. The third-order valence-corrected chi connectivity index (χ3v) is 4.72. The van der Waals surface area contributed by atoms with Gasteiger partial charge < -0.3 is 15.2 Å². The molecule has 0 saturated heterocycles. The van der Waals surface area contributed by atoms with Crippen molar-refractivity contribution >= 4 is 35.1 Å². The summed E-state index contributed by atoms with van der Waals surface area (Å²) >= 11 is 5.82. The fourth-order valence-electron chi connectivity index (χ4n) is 2.90. The summed E-state index contributed by atoms with van der Waals surface area (Å²) in [6.45, 7) is 0. The lowest BCUT2D eigenvalue weighted by Gasteiger charge is -2.15. The van der Waals surface area contributed by atoms with Gasteiger partial charge in [0.1, 0.15) is 5.75 Å². The summed E-state index contributed by atoms with van der Waals surface area (Å²) in [6.07, 6.45) is 0.0451. The molecule has 3 N–H and O–H groups in total. The van der Waals surface area contributed by atoms with Crippen LogP contribution in [0.2, 0.25) is 5.02 Å². The number of benzene rings is 2. The summed E-state index contributed by atoms with van der Waals surface area (Å²) in [4.78, 5) is 35.9. The molecule has 0 aliphatic carbocycles. The van der Waals surface area contributed by atoms with Crippen LogP contribution in [0.25, 0.3) is 11.3 Å². The van der Waals surface area contributed by atoms with Crippen LogP contribution in [0.3, 0.4) is 0 Å². The van der Waals surface area contributed by atoms with Gasteiger partial charge in [-0.1, -0.05) is 11.6 Å². The number of amides is 2. The molecule has 160 valence electrons. The highest BCUT2D eigenvalue weighted by Crippen LogP contribution is 2.25. The maximum absolute atomic E-state index is 12.5. The smallest absolute Gasteiger partial charge is 0.328 e. The van der Waals surface area contributed by atoms with E-state index < -0.39 is 17.8 Å². The number of nitrogens with zero attached hydrogens (tertiary/aromatic N) is 1. The Labute approximate surface area is 183 Å². The van der Waals surface area contributed by atoms with E-state index in [2.05, 4.69) is 10.7 Å². The molecule has 0 aliphatic rings. The van der Waals surface area contributed by atoms with Crippen molar-refractivity contribution in [2.75, 3.05) is 17.9 Å². The van der Waals surface area contributed by atoms with E-state index in [0.29, 0.717) is 27.8 Å². The summed E-state index contributed by atoms with van der Waals surface area (Å²) in [6, 6.07) is 16.9. The molecular formula is C22H20ClN3O5. The van der Waals surface area contributed by atoms with Crippen LogP contribution >= 0.6 is 11.6 Å². The van der Waals surface area contributed by atoms with E-state index in [0.717, 1.165) is 5.56 Å². The van der Waals surface area contributed by atoms with Crippen molar-refractivity contribution in [1.82, 2.24) is 4.68 Å². The second-order valence-corrected chi connectivity index (χ2v) is 7.01. The number of carboxylic acid groups (broad SMARTS) is 1. The molecule has 3 rings (SSSR count). The summed E-state index contributed by atoms with van der Waals surface area (Å²) in [7, 11) is 1.56. The number of aromatic nitrogens is 1. The number of anilines is 1. The number of ether oxygens (including phenoxy) is 1. The number of aliphatic carboxylic acids is 1. The zero-order valence-corrected chi connectivity index (χ0v) is 17.3. The molecule has 3 aromatic rings. The van der Waals surface area contributed by atoms with E-state index in [-0.39, 0.29) is 12.8 Å². The molecule has 0 radical (unpaired) electrons. The van der Waals surface area contributed by atoms with Gasteiger partial charge in [-0.25, -0.2) is 0 Å². The van der Waals surface area contributed by atoms with Gasteiger partial charge in [-0.15, -0.1) is 0 Å². The predicted octanol–water partition coefficient (Wildman–Crippen LogP) is 3.54. The Morgan fingerprint density at radius 1 is 0.968 bits per heavy atom. The minimum Gasteiger partial charge on any atom is -0.497 e. The molecule has 0 spiro atoms.